The van der Waals surface area contributed by atoms with Crippen molar-refractivity contribution in [3.8, 4) is 0 Å². The van der Waals surface area contributed by atoms with Gasteiger partial charge in [0, 0.05) is 24.4 Å². The molecule has 0 bridgehead atoms. The number of amides is 1. The molecule has 0 saturated carbocycles. The standard InChI is InChI=1S/C17H28N6O2S/c1-6-25-10-14(24)18-7-8-23-16-13(9-19-23)15(20-11(2)3)21-17(22-16)26-12(4)5/h9,11-12H,6-8,10H2,1-5H3,(H,18,24)(H,20,21,22). The molecule has 1 amide bonds. The Hall–Kier alpha value is -1.87. The van der Waals surface area contributed by atoms with Crippen LogP contribution in [0.15, 0.2) is 11.4 Å². The molecular weight excluding hydrogens is 352 g/mol. The number of thioether (sulfide) groups is 1. The number of nitrogens with one attached hydrogen (secondary N) is 2. The van der Waals surface area contributed by atoms with Crippen LogP contribution < -0.4 is 10.6 Å². The SMILES string of the molecule is CCOCC(=O)NCCn1ncc2c(NC(C)C)nc(SC(C)C)nc21. The van der Waals surface area contributed by atoms with Gasteiger partial charge in [0.05, 0.1) is 18.1 Å². The summed E-state index contributed by atoms with van der Waals surface area (Å²) in [5, 5.41) is 12.6. The van der Waals surface area contributed by atoms with Crippen LogP contribution in [0.4, 0.5) is 5.82 Å². The lowest BCUT2D eigenvalue weighted by molar-refractivity contribution is -0.125. The first kappa shape index (κ1) is 20.4. The van der Waals surface area contributed by atoms with Gasteiger partial charge in [-0.2, -0.15) is 5.10 Å². The second-order valence-electron chi connectivity index (χ2n) is 6.41. The second-order valence-corrected chi connectivity index (χ2v) is 7.96. The lowest BCUT2D eigenvalue weighted by Gasteiger charge is -2.12. The van der Waals surface area contributed by atoms with E-state index in [0.717, 1.165) is 22.0 Å². The largest absolute Gasteiger partial charge is 0.372 e. The number of rotatable bonds is 10. The van der Waals surface area contributed by atoms with Crippen molar-refractivity contribution in [2.75, 3.05) is 25.1 Å². The molecular formula is C17H28N6O2S. The monoisotopic (exact) mass is 380 g/mol. The summed E-state index contributed by atoms with van der Waals surface area (Å²) in [7, 11) is 0. The van der Waals surface area contributed by atoms with Crippen LogP contribution in [0, 0.1) is 0 Å². The van der Waals surface area contributed by atoms with Gasteiger partial charge in [-0.1, -0.05) is 25.6 Å². The zero-order valence-electron chi connectivity index (χ0n) is 16.1. The van der Waals surface area contributed by atoms with Gasteiger partial charge in [0.1, 0.15) is 12.4 Å². The molecule has 2 heterocycles. The van der Waals surface area contributed by atoms with E-state index in [1.807, 2.05) is 6.92 Å². The van der Waals surface area contributed by atoms with E-state index in [1.54, 1.807) is 22.6 Å². The average molecular weight is 381 g/mol. The van der Waals surface area contributed by atoms with Crippen LogP contribution in [0.3, 0.4) is 0 Å². The second kappa shape index (κ2) is 9.72. The highest BCUT2D eigenvalue weighted by Gasteiger charge is 2.15. The number of carbonyl (C=O) groups is 1. The Morgan fingerprint density at radius 2 is 2.08 bits per heavy atom. The Bertz CT molecular complexity index is 731. The molecule has 2 aromatic heterocycles. The van der Waals surface area contributed by atoms with Gasteiger partial charge in [0.15, 0.2) is 10.8 Å². The maximum atomic E-state index is 11.6. The van der Waals surface area contributed by atoms with Gasteiger partial charge in [-0.25, -0.2) is 14.6 Å². The molecule has 0 aliphatic carbocycles. The fourth-order valence-corrected chi connectivity index (χ4v) is 3.00. The van der Waals surface area contributed by atoms with Crippen molar-refractivity contribution in [3.63, 3.8) is 0 Å². The molecule has 0 aromatic carbocycles. The molecule has 144 valence electrons. The van der Waals surface area contributed by atoms with Crippen molar-refractivity contribution in [2.24, 2.45) is 0 Å². The minimum absolute atomic E-state index is 0.0795. The predicted molar refractivity (Wildman–Crippen MR) is 105 cm³/mol. The molecule has 2 rings (SSSR count). The molecule has 26 heavy (non-hydrogen) atoms. The van der Waals surface area contributed by atoms with Crippen LogP contribution in [0.1, 0.15) is 34.6 Å². The van der Waals surface area contributed by atoms with E-state index >= 15 is 0 Å². The van der Waals surface area contributed by atoms with E-state index in [9.17, 15) is 4.79 Å². The number of nitrogens with zero attached hydrogens (tertiary/aromatic N) is 4. The predicted octanol–water partition coefficient (Wildman–Crippen LogP) is 2.30. The van der Waals surface area contributed by atoms with Crippen LogP contribution in [-0.2, 0) is 16.1 Å². The first-order chi connectivity index (χ1) is 12.4. The zero-order valence-corrected chi connectivity index (χ0v) is 16.9. The molecule has 0 saturated heterocycles. The summed E-state index contributed by atoms with van der Waals surface area (Å²) in [4.78, 5) is 20.9. The van der Waals surface area contributed by atoms with Crippen LogP contribution >= 0.6 is 11.8 Å². The van der Waals surface area contributed by atoms with Crippen molar-refractivity contribution in [3.05, 3.63) is 6.20 Å². The van der Waals surface area contributed by atoms with E-state index in [-0.39, 0.29) is 18.6 Å². The van der Waals surface area contributed by atoms with Crippen LogP contribution in [0.5, 0.6) is 0 Å². The summed E-state index contributed by atoms with van der Waals surface area (Å²) < 4.78 is 6.89. The molecule has 0 aliphatic heterocycles. The number of hydrogen-bond acceptors (Lipinski definition) is 7. The van der Waals surface area contributed by atoms with E-state index in [1.165, 1.54) is 0 Å². The Morgan fingerprint density at radius 3 is 2.73 bits per heavy atom. The minimum atomic E-state index is -0.129. The van der Waals surface area contributed by atoms with Gasteiger partial charge in [-0.15, -0.1) is 0 Å². The lowest BCUT2D eigenvalue weighted by atomic mass is 10.3. The normalized spacial score (nSPS) is 11.5. The summed E-state index contributed by atoms with van der Waals surface area (Å²) in [6.07, 6.45) is 1.77. The van der Waals surface area contributed by atoms with E-state index in [2.05, 4.69) is 53.4 Å². The van der Waals surface area contributed by atoms with E-state index in [0.29, 0.717) is 24.9 Å². The molecule has 2 aromatic rings. The van der Waals surface area contributed by atoms with Crippen molar-refractivity contribution in [1.82, 2.24) is 25.1 Å². The van der Waals surface area contributed by atoms with Gasteiger partial charge in [-0.05, 0) is 20.8 Å². The smallest absolute Gasteiger partial charge is 0.246 e. The zero-order chi connectivity index (χ0) is 19.1. The van der Waals surface area contributed by atoms with Crippen molar-refractivity contribution in [1.29, 1.82) is 0 Å². The molecule has 9 heteroatoms. The van der Waals surface area contributed by atoms with Gasteiger partial charge in [-0.3, -0.25) is 4.79 Å². The first-order valence-electron chi connectivity index (χ1n) is 8.91. The molecule has 0 radical (unpaired) electrons. The molecule has 0 spiro atoms. The third-order valence-corrected chi connectivity index (χ3v) is 4.19. The van der Waals surface area contributed by atoms with Crippen molar-refractivity contribution < 1.29 is 9.53 Å². The van der Waals surface area contributed by atoms with Crippen LogP contribution in [0.25, 0.3) is 11.0 Å². The van der Waals surface area contributed by atoms with Gasteiger partial charge in [0.2, 0.25) is 5.91 Å². The minimum Gasteiger partial charge on any atom is -0.372 e. The summed E-state index contributed by atoms with van der Waals surface area (Å²) in [6.45, 7) is 11.8. The molecule has 0 atom stereocenters. The topological polar surface area (TPSA) is 94.0 Å². The number of fused-ring (bicyclic) bond motifs is 1. The number of carbonyl (C=O) groups excluding carboxylic acids is 1. The quantitative estimate of drug-likeness (QED) is 0.482. The van der Waals surface area contributed by atoms with Gasteiger partial charge < -0.3 is 15.4 Å². The highest BCUT2D eigenvalue weighted by molar-refractivity contribution is 7.99. The van der Waals surface area contributed by atoms with E-state index in [4.69, 9.17) is 4.74 Å². The molecule has 0 unspecified atom stereocenters. The third-order valence-electron chi connectivity index (χ3n) is 3.33. The Labute approximate surface area is 158 Å². The number of hydrogen-bond donors (Lipinski definition) is 2. The van der Waals surface area contributed by atoms with Gasteiger partial charge in [0.25, 0.3) is 0 Å². The fourth-order valence-electron chi connectivity index (χ4n) is 2.29. The van der Waals surface area contributed by atoms with Crippen molar-refractivity contribution in [2.45, 2.75) is 57.6 Å². The maximum Gasteiger partial charge on any atom is 0.246 e. The Kier molecular flexibility index (Phi) is 7.65. The molecule has 2 N–H and O–H groups in total. The highest BCUT2D eigenvalue weighted by Crippen LogP contribution is 2.26. The van der Waals surface area contributed by atoms with Gasteiger partial charge >= 0.3 is 0 Å². The first-order valence-corrected chi connectivity index (χ1v) is 9.79. The Morgan fingerprint density at radius 1 is 1.31 bits per heavy atom. The number of ether oxygens (including phenoxy) is 1. The molecule has 0 fully saturated rings. The fraction of sp³-hybridized carbons (Fsp3) is 0.647. The summed E-state index contributed by atoms with van der Waals surface area (Å²) in [6, 6.07) is 0.256. The highest BCUT2D eigenvalue weighted by atomic mass is 32.2. The summed E-state index contributed by atoms with van der Waals surface area (Å²) >= 11 is 1.61. The van der Waals surface area contributed by atoms with Crippen LogP contribution in [-0.4, -0.2) is 56.7 Å². The molecule has 0 aliphatic rings. The summed E-state index contributed by atoms with van der Waals surface area (Å²) in [5.74, 6) is 0.663. The lowest BCUT2D eigenvalue weighted by Crippen LogP contribution is -2.30. The van der Waals surface area contributed by atoms with E-state index < -0.39 is 0 Å². The third kappa shape index (κ3) is 5.84. The maximum absolute atomic E-state index is 11.6. The Balaban J connectivity index is 2.18. The van der Waals surface area contributed by atoms with Crippen molar-refractivity contribution >= 4 is 34.5 Å². The average Bonchev–Trinajstić information content (AvgIpc) is 2.95. The number of aromatic nitrogens is 4. The molecule has 8 nitrogen and oxygen atoms in total. The van der Waals surface area contributed by atoms with Crippen LogP contribution in [0.2, 0.25) is 0 Å². The number of anilines is 1. The summed E-state index contributed by atoms with van der Waals surface area (Å²) in [5.41, 5.74) is 0.769.